The molecule has 0 saturated carbocycles. The van der Waals surface area contributed by atoms with Crippen LogP contribution in [0.3, 0.4) is 0 Å². The first-order valence-corrected chi connectivity index (χ1v) is 6.61. The normalized spacial score (nSPS) is 25.8. The van der Waals surface area contributed by atoms with Gasteiger partial charge in [0.1, 0.15) is 18.0 Å². The van der Waals surface area contributed by atoms with E-state index in [1.807, 2.05) is 18.7 Å². The highest BCUT2D eigenvalue weighted by Crippen LogP contribution is 2.30. The fourth-order valence-corrected chi connectivity index (χ4v) is 3.07. The molecule has 0 amide bonds. The first-order chi connectivity index (χ1) is 7.61. The van der Waals surface area contributed by atoms with E-state index in [2.05, 4.69) is 28.7 Å². The molecule has 2 heterocycles. The molecule has 0 aliphatic carbocycles. The number of aromatic nitrogens is 2. The molecule has 0 radical (unpaired) electrons. The van der Waals surface area contributed by atoms with Crippen LogP contribution in [0.1, 0.15) is 19.4 Å². The summed E-state index contributed by atoms with van der Waals surface area (Å²) < 4.78 is 0. The van der Waals surface area contributed by atoms with Crippen LogP contribution in [0.15, 0.2) is 6.33 Å². The van der Waals surface area contributed by atoms with Crippen LogP contribution in [-0.2, 0) is 0 Å². The van der Waals surface area contributed by atoms with Gasteiger partial charge in [-0.2, -0.15) is 11.8 Å². The quantitative estimate of drug-likeness (QED) is 0.807. The maximum atomic E-state index is 5.82. The average molecular weight is 238 g/mol. The largest absolute Gasteiger partial charge is 0.383 e. The number of thioether (sulfide) groups is 1. The molecule has 0 aromatic carbocycles. The highest BCUT2D eigenvalue weighted by Gasteiger charge is 2.27. The van der Waals surface area contributed by atoms with Crippen molar-refractivity contribution >= 4 is 23.4 Å². The van der Waals surface area contributed by atoms with Crippen molar-refractivity contribution in [3.05, 3.63) is 11.9 Å². The number of nitrogens with zero attached hydrogens (tertiary/aromatic N) is 3. The standard InChI is InChI=1S/C11H18N4S/c1-7-10(12)13-6-14-11(7)15-4-5-16-9(3)8(15)2/h6,8-9H,4-5H2,1-3H3,(H2,12,13,14). The van der Waals surface area contributed by atoms with Crippen molar-refractivity contribution in [3.8, 4) is 0 Å². The summed E-state index contributed by atoms with van der Waals surface area (Å²) in [5, 5.41) is 0.629. The molecule has 0 bridgehead atoms. The van der Waals surface area contributed by atoms with E-state index >= 15 is 0 Å². The smallest absolute Gasteiger partial charge is 0.137 e. The van der Waals surface area contributed by atoms with E-state index in [1.165, 1.54) is 0 Å². The molecule has 1 aromatic heterocycles. The van der Waals surface area contributed by atoms with E-state index in [9.17, 15) is 0 Å². The molecule has 2 N–H and O–H groups in total. The Hall–Kier alpha value is -0.970. The number of hydrogen-bond acceptors (Lipinski definition) is 5. The third kappa shape index (κ3) is 1.96. The van der Waals surface area contributed by atoms with Gasteiger partial charge in [0.25, 0.3) is 0 Å². The van der Waals surface area contributed by atoms with E-state index in [4.69, 9.17) is 5.73 Å². The molecule has 2 unspecified atom stereocenters. The maximum Gasteiger partial charge on any atom is 0.137 e. The Kier molecular flexibility index (Phi) is 3.23. The van der Waals surface area contributed by atoms with Crippen LogP contribution in [0.25, 0.3) is 0 Å². The summed E-state index contributed by atoms with van der Waals surface area (Å²) in [6.07, 6.45) is 1.55. The molecule has 1 aliphatic rings. The van der Waals surface area contributed by atoms with Gasteiger partial charge in [-0.3, -0.25) is 0 Å². The van der Waals surface area contributed by atoms with Crippen LogP contribution >= 0.6 is 11.8 Å². The van der Waals surface area contributed by atoms with Crippen molar-refractivity contribution in [2.45, 2.75) is 32.1 Å². The highest BCUT2D eigenvalue weighted by atomic mass is 32.2. The van der Waals surface area contributed by atoms with Gasteiger partial charge < -0.3 is 10.6 Å². The summed E-state index contributed by atoms with van der Waals surface area (Å²) in [5.74, 6) is 2.73. The second-order valence-corrected chi connectivity index (χ2v) is 5.70. The fourth-order valence-electron chi connectivity index (χ4n) is 1.98. The van der Waals surface area contributed by atoms with Crippen molar-refractivity contribution in [1.82, 2.24) is 9.97 Å². The zero-order valence-corrected chi connectivity index (χ0v) is 10.8. The van der Waals surface area contributed by atoms with E-state index in [-0.39, 0.29) is 0 Å². The number of rotatable bonds is 1. The monoisotopic (exact) mass is 238 g/mol. The van der Waals surface area contributed by atoms with Gasteiger partial charge in [0.2, 0.25) is 0 Å². The first-order valence-electron chi connectivity index (χ1n) is 5.56. The SMILES string of the molecule is Cc1c(N)ncnc1N1CCSC(C)C1C. The summed E-state index contributed by atoms with van der Waals surface area (Å²) in [5.41, 5.74) is 6.82. The first kappa shape index (κ1) is 11.5. The Morgan fingerprint density at radius 1 is 1.44 bits per heavy atom. The molecule has 88 valence electrons. The minimum absolute atomic E-state index is 0.492. The van der Waals surface area contributed by atoms with E-state index in [0.717, 1.165) is 23.7 Å². The van der Waals surface area contributed by atoms with Gasteiger partial charge in [0.05, 0.1) is 0 Å². The lowest BCUT2D eigenvalue weighted by Gasteiger charge is -2.39. The van der Waals surface area contributed by atoms with E-state index in [1.54, 1.807) is 6.33 Å². The lowest BCUT2D eigenvalue weighted by atomic mass is 10.2. The second kappa shape index (κ2) is 4.49. The molecule has 1 saturated heterocycles. The zero-order valence-electron chi connectivity index (χ0n) is 9.97. The lowest BCUT2D eigenvalue weighted by molar-refractivity contribution is 0.618. The fraction of sp³-hybridized carbons (Fsp3) is 0.636. The topological polar surface area (TPSA) is 55.0 Å². The molecule has 16 heavy (non-hydrogen) atoms. The summed E-state index contributed by atoms with van der Waals surface area (Å²) in [7, 11) is 0. The number of hydrogen-bond donors (Lipinski definition) is 1. The van der Waals surface area contributed by atoms with Crippen LogP contribution in [-0.4, -0.2) is 33.6 Å². The van der Waals surface area contributed by atoms with Crippen molar-refractivity contribution in [2.24, 2.45) is 0 Å². The predicted molar refractivity (Wildman–Crippen MR) is 69.9 cm³/mol. The van der Waals surface area contributed by atoms with Gasteiger partial charge in [0, 0.05) is 29.2 Å². The summed E-state index contributed by atoms with van der Waals surface area (Å²) in [6.45, 7) is 7.53. The molecule has 2 rings (SSSR count). The van der Waals surface area contributed by atoms with Gasteiger partial charge in [-0.25, -0.2) is 9.97 Å². The Morgan fingerprint density at radius 2 is 2.19 bits per heavy atom. The van der Waals surface area contributed by atoms with Crippen LogP contribution in [0.5, 0.6) is 0 Å². The van der Waals surface area contributed by atoms with Gasteiger partial charge in [-0.15, -0.1) is 0 Å². The molecule has 0 spiro atoms. The molecule has 2 atom stereocenters. The van der Waals surface area contributed by atoms with E-state index in [0.29, 0.717) is 17.1 Å². The van der Waals surface area contributed by atoms with Crippen molar-refractivity contribution in [1.29, 1.82) is 0 Å². The van der Waals surface area contributed by atoms with Crippen LogP contribution in [0.2, 0.25) is 0 Å². The summed E-state index contributed by atoms with van der Waals surface area (Å²) in [4.78, 5) is 10.7. The molecule has 1 aromatic rings. The minimum Gasteiger partial charge on any atom is -0.383 e. The Morgan fingerprint density at radius 3 is 2.94 bits per heavy atom. The second-order valence-electron chi connectivity index (χ2n) is 4.22. The number of anilines is 2. The Labute approximate surface area is 101 Å². The van der Waals surface area contributed by atoms with Crippen LogP contribution < -0.4 is 10.6 Å². The van der Waals surface area contributed by atoms with E-state index < -0.39 is 0 Å². The molecule has 1 aliphatic heterocycles. The Bertz CT molecular complexity index is 382. The molecule has 4 nitrogen and oxygen atoms in total. The Balaban J connectivity index is 2.32. The number of nitrogens with two attached hydrogens (primary N) is 1. The molecular weight excluding hydrogens is 220 g/mol. The van der Waals surface area contributed by atoms with Crippen molar-refractivity contribution in [2.75, 3.05) is 22.9 Å². The zero-order chi connectivity index (χ0) is 11.7. The minimum atomic E-state index is 0.492. The van der Waals surface area contributed by atoms with Gasteiger partial charge in [-0.05, 0) is 13.8 Å². The van der Waals surface area contributed by atoms with Crippen LogP contribution in [0.4, 0.5) is 11.6 Å². The van der Waals surface area contributed by atoms with Gasteiger partial charge in [-0.1, -0.05) is 6.92 Å². The van der Waals surface area contributed by atoms with Crippen molar-refractivity contribution < 1.29 is 0 Å². The molecule has 1 fully saturated rings. The summed E-state index contributed by atoms with van der Waals surface area (Å²) in [6, 6.07) is 0.492. The van der Waals surface area contributed by atoms with Gasteiger partial charge >= 0.3 is 0 Å². The maximum absolute atomic E-state index is 5.82. The van der Waals surface area contributed by atoms with Gasteiger partial charge in [0.15, 0.2) is 0 Å². The lowest BCUT2D eigenvalue weighted by Crippen LogP contribution is -2.45. The third-order valence-corrected chi connectivity index (χ3v) is 4.59. The average Bonchev–Trinajstić information content (AvgIpc) is 2.27. The highest BCUT2D eigenvalue weighted by molar-refractivity contribution is 8.00. The van der Waals surface area contributed by atoms with Crippen LogP contribution in [0, 0.1) is 6.92 Å². The predicted octanol–water partition coefficient (Wildman–Crippen LogP) is 1.70. The molecular formula is C11H18N4S. The third-order valence-electron chi connectivity index (χ3n) is 3.25. The molecule has 5 heteroatoms. The van der Waals surface area contributed by atoms with Crippen molar-refractivity contribution in [3.63, 3.8) is 0 Å². The summed E-state index contributed by atoms with van der Waals surface area (Å²) >= 11 is 2.02. The number of nitrogen functional groups attached to an aromatic ring is 1.